The molecule has 0 amide bonds. The molecule has 5 heteroatoms. The largest absolute Gasteiger partial charge is 0.254 e. The van der Waals surface area contributed by atoms with Crippen molar-refractivity contribution in [3.63, 3.8) is 0 Å². The zero-order chi connectivity index (χ0) is 14.7. The second-order valence-electron chi connectivity index (χ2n) is 4.32. The topological polar surface area (TPSA) is 40.9 Å². The van der Waals surface area contributed by atoms with Crippen LogP contribution in [0.5, 0.6) is 0 Å². The summed E-state index contributed by atoms with van der Waals surface area (Å²) in [5, 5.41) is 9.68. The predicted molar refractivity (Wildman–Crippen MR) is 82.5 cm³/mol. The number of halogens is 2. The maximum Gasteiger partial charge on any atom is 0.0991 e. The van der Waals surface area contributed by atoms with Crippen LogP contribution in [0.15, 0.2) is 41.3 Å². The van der Waals surface area contributed by atoms with Crippen molar-refractivity contribution in [1.82, 2.24) is 0 Å². The summed E-state index contributed by atoms with van der Waals surface area (Å²) in [6, 6.07) is 12.4. The van der Waals surface area contributed by atoms with Crippen LogP contribution in [0.25, 0.3) is 0 Å². The van der Waals surface area contributed by atoms with Gasteiger partial charge >= 0.3 is 0 Å². The number of nitriles is 1. The molecule has 20 heavy (non-hydrogen) atoms. The molecule has 2 nitrogen and oxygen atoms in total. The van der Waals surface area contributed by atoms with Gasteiger partial charge in [0.25, 0.3) is 0 Å². The molecule has 0 spiro atoms. The summed E-state index contributed by atoms with van der Waals surface area (Å²) in [5.41, 5.74) is 2.51. The van der Waals surface area contributed by atoms with E-state index in [9.17, 15) is 4.21 Å². The second-order valence-corrected chi connectivity index (χ2v) is 6.58. The molecule has 0 N–H and O–H groups in total. The Morgan fingerprint density at radius 2 is 1.90 bits per heavy atom. The summed E-state index contributed by atoms with van der Waals surface area (Å²) in [6.07, 6.45) is 0. The Morgan fingerprint density at radius 3 is 2.50 bits per heavy atom. The van der Waals surface area contributed by atoms with E-state index in [1.54, 1.807) is 30.3 Å². The van der Waals surface area contributed by atoms with Crippen molar-refractivity contribution >= 4 is 34.0 Å². The third kappa shape index (κ3) is 3.40. The molecule has 0 heterocycles. The van der Waals surface area contributed by atoms with Crippen molar-refractivity contribution in [1.29, 1.82) is 5.26 Å². The fourth-order valence-electron chi connectivity index (χ4n) is 1.77. The molecule has 0 saturated carbocycles. The zero-order valence-corrected chi connectivity index (χ0v) is 13.0. The lowest BCUT2D eigenvalue weighted by molar-refractivity contribution is 0.682. The Bertz CT molecular complexity index is 722. The minimum atomic E-state index is -1.20. The average molecular weight is 324 g/mol. The molecule has 2 rings (SSSR count). The van der Waals surface area contributed by atoms with Crippen LogP contribution in [0.2, 0.25) is 10.0 Å². The van der Waals surface area contributed by atoms with Gasteiger partial charge in [-0.05, 0) is 48.4 Å². The van der Waals surface area contributed by atoms with Crippen LogP contribution in [0.4, 0.5) is 0 Å². The summed E-state index contributed by atoms with van der Waals surface area (Å²) in [4.78, 5) is 0.642. The third-order valence-corrected chi connectivity index (χ3v) is 5.00. The van der Waals surface area contributed by atoms with Crippen LogP contribution in [-0.4, -0.2) is 4.21 Å². The highest BCUT2D eigenvalue weighted by Crippen LogP contribution is 2.25. The Morgan fingerprint density at radius 1 is 1.15 bits per heavy atom. The minimum Gasteiger partial charge on any atom is -0.254 e. The molecule has 0 aliphatic rings. The highest BCUT2D eigenvalue weighted by atomic mass is 35.5. The third-order valence-electron chi connectivity index (χ3n) is 2.91. The molecule has 2 aromatic rings. The van der Waals surface area contributed by atoms with Gasteiger partial charge in [0.1, 0.15) is 0 Å². The van der Waals surface area contributed by atoms with Gasteiger partial charge in [-0.15, -0.1) is 0 Å². The fourth-order valence-corrected chi connectivity index (χ4v) is 3.38. The van der Waals surface area contributed by atoms with E-state index in [1.165, 1.54) is 0 Å². The lowest BCUT2D eigenvalue weighted by atomic mass is 10.1. The van der Waals surface area contributed by atoms with Gasteiger partial charge in [-0.3, -0.25) is 4.21 Å². The molecule has 0 radical (unpaired) electrons. The van der Waals surface area contributed by atoms with E-state index in [4.69, 9.17) is 28.5 Å². The van der Waals surface area contributed by atoms with E-state index in [0.29, 0.717) is 26.3 Å². The van der Waals surface area contributed by atoms with Crippen LogP contribution in [0.3, 0.4) is 0 Å². The standard InChI is InChI=1S/C15H11Cl2NOS/c1-10-6-11(8-18)2-3-12(10)9-20(19)13-4-5-14(16)15(17)7-13/h2-7H,9H2,1H3. The summed E-state index contributed by atoms with van der Waals surface area (Å²) in [5.74, 6) is 0.384. The lowest BCUT2D eigenvalue weighted by Crippen LogP contribution is -1.99. The molecule has 0 aliphatic heterocycles. The molecule has 1 atom stereocenters. The Balaban J connectivity index is 2.23. The van der Waals surface area contributed by atoms with E-state index in [0.717, 1.165) is 11.1 Å². The number of nitrogens with zero attached hydrogens (tertiary/aromatic N) is 1. The predicted octanol–water partition coefficient (Wildman–Crippen LogP) is 4.48. The van der Waals surface area contributed by atoms with E-state index < -0.39 is 10.8 Å². The first-order valence-corrected chi connectivity index (χ1v) is 7.92. The van der Waals surface area contributed by atoms with Gasteiger partial charge in [0.05, 0.1) is 38.2 Å². The molecule has 2 aromatic carbocycles. The minimum absolute atomic E-state index is 0.384. The van der Waals surface area contributed by atoms with Crippen molar-refractivity contribution in [3.05, 3.63) is 63.1 Å². The summed E-state index contributed by atoms with van der Waals surface area (Å²) in [6.45, 7) is 1.90. The fraction of sp³-hybridized carbons (Fsp3) is 0.133. The quantitative estimate of drug-likeness (QED) is 0.835. The van der Waals surface area contributed by atoms with Crippen molar-refractivity contribution in [2.45, 2.75) is 17.6 Å². The highest BCUT2D eigenvalue weighted by Gasteiger charge is 2.09. The molecule has 0 bridgehead atoms. The van der Waals surface area contributed by atoms with E-state index >= 15 is 0 Å². The Hall–Kier alpha value is -1.34. The molecule has 0 aromatic heterocycles. The monoisotopic (exact) mass is 323 g/mol. The SMILES string of the molecule is Cc1cc(C#N)ccc1CS(=O)c1ccc(Cl)c(Cl)c1. The van der Waals surface area contributed by atoms with Crippen LogP contribution in [0, 0.1) is 18.3 Å². The van der Waals surface area contributed by atoms with Crippen LogP contribution >= 0.6 is 23.2 Å². The first-order valence-electron chi connectivity index (χ1n) is 5.84. The van der Waals surface area contributed by atoms with E-state index in [1.807, 2.05) is 13.0 Å². The highest BCUT2D eigenvalue weighted by molar-refractivity contribution is 7.84. The van der Waals surface area contributed by atoms with Gasteiger partial charge in [0.15, 0.2) is 0 Å². The first-order chi connectivity index (χ1) is 9.51. The lowest BCUT2D eigenvalue weighted by Gasteiger charge is -2.07. The summed E-state index contributed by atoms with van der Waals surface area (Å²) < 4.78 is 12.3. The average Bonchev–Trinajstić information content (AvgIpc) is 2.43. The number of aryl methyl sites for hydroxylation is 1. The van der Waals surface area contributed by atoms with Crippen molar-refractivity contribution in [2.75, 3.05) is 0 Å². The summed E-state index contributed by atoms with van der Waals surface area (Å²) in [7, 11) is -1.20. The number of hydrogen-bond donors (Lipinski definition) is 0. The van der Waals surface area contributed by atoms with Gasteiger partial charge in [-0.1, -0.05) is 29.3 Å². The van der Waals surface area contributed by atoms with Gasteiger partial charge in [0, 0.05) is 4.90 Å². The molecule has 0 aliphatic carbocycles. The number of rotatable bonds is 3. The number of hydrogen-bond acceptors (Lipinski definition) is 2. The maximum absolute atomic E-state index is 12.3. The molecule has 102 valence electrons. The van der Waals surface area contributed by atoms with Gasteiger partial charge in [0.2, 0.25) is 0 Å². The first kappa shape index (κ1) is 15.1. The van der Waals surface area contributed by atoms with Crippen LogP contribution < -0.4 is 0 Å². The van der Waals surface area contributed by atoms with Crippen LogP contribution in [-0.2, 0) is 16.6 Å². The molecular formula is C15H11Cl2NOS. The Kier molecular flexibility index (Phi) is 4.82. The van der Waals surface area contributed by atoms with E-state index in [-0.39, 0.29) is 0 Å². The normalized spacial score (nSPS) is 11.9. The second kappa shape index (κ2) is 6.41. The Labute approximate surface area is 130 Å². The molecule has 1 unspecified atom stereocenters. The van der Waals surface area contributed by atoms with Crippen molar-refractivity contribution in [2.24, 2.45) is 0 Å². The maximum atomic E-state index is 12.3. The smallest absolute Gasteiger partial charge is 0.0991 e. The number of benzene rings is 2. The van der Waals surface area contributed by atoms with Gasteiger partial charge in [-0.2, -0.15) is 5.26 Å². The van der Waals surface area contributed by atoms with Crippen molar-refractivity contribution < 1.29 is 4.21 Å². The van der Waals surface area contributed by atoms with E-state index in [2.05, 4.69) is 6.07 Å². The van der Waals surface area contributed by atoms with Crippen LogP contribution in [0.1, 0.15) is 16.7 Å². The molecule has 0 saturated heterocycles. The zero-order valence-electron chi connectivity index (χ0n) is 10.7. The molecule has 0 fully saturated rings. The van der Waals surface area contributed by atoms with Gasteiger partial charge < -0.3 is 0 Å². The van der Waals surface area contributed by atoms with Crippen molar-refractivity contribution in [3.8, 4) is 6.07 Å². The van der Waals surface area contributed by atoms with Gasteiger partial charge in [-0.25, -0.2) is 0 Å². The molecular weight excluding hydrogens is 313 g/mol. The summed E-state index contributed by atoms with van der Waals surface area (Å²) >= 11 is 11.8.